The van der Waals surface area contributed by atoms with Crippen molar-refractivity contribution in [3.63, 3.8) is 0 Å². The first-order valence-corrected chi connectivity index (χ1v) is 9.69. The molecule has 7 heteroatoms. The van der Waals surface area contributed by atoms with E-state index < -0.39 is 0 Å². The van der Waals surface area contributed by atoms with Crippen LogP contribution in [0.1, 0.15) is 10.4 Å². The van der Waals surface area contributed by atoms with Crippen LogP contribution in [0.15, 0.2) is 74.9 Å². The van der Waals surface area contributed by atoms with E-state index in [0.717, 1.165) is 19.5 Å². The van der Waals surface area contributed by atoms with Crippen LogP contribution in [0.2, 0.25) is 5.02 Å². The number of rotatable bonds is 6. The monoisotopic (exact) mass is 404 g/mol. The Morgan fingerprint density at radius 3 is 2.58 bits per heavy atom. The molecule has 1 heterocycles. The molecule has 3 rings (SSSR count). The zero-order valence-corrected chi connectivity index (χ0v) is 15.9. The minimum absolute atomic E-state index is 0.153. The van der Waals surface area contributed by atoms with Gasteiger partial charge in [-0.1, -0.05) is 35.5 Å². The van der Waals surface area contributed by atoms with Gasteiger partial charge in [-0.15, -0.1) is 11.3 Å². The Morgan fingerprint density at radius 1 is 1.12 bits per heavy atom. The zero-order valence-electron chi connectivity index (χ0n) is 13.5. The van der Waals surface area contributed by atoms with Crippen LogP contribution in [0.3, 0.4) is 0 Å². The molecular formula is C19H14ClFN2OS2. The fourth-order valence-electron chi connectivity index (χ4n) is 2.07. The summed E-state index contributed by atoms with van der Waals surface area (Å²) in [6, 6.07) is 17.4. The number of amides is 1. The first-order valence-electron chi connectivity index (χ1n) is 7.68. The molecule has 3 aromatic rings. The van der Waals surface area contributed by atoms with Gasteiger partial charge >= 0.3 is 0 Å². The van der Waals surface area contributed by atoms with E-state index in [-0.39, 0.29) is 18.1 Å². The van der Waals surface area contributed by atoms with Crippen LogP contribution >= 0.6 is 34.7 Å². The van der Waals surface area contributed by atoms with Crippen molar-refractivity contribution in [2.24, 2.45) is 5.10 Å². The van der Waals surface area contributed by atoms with Crippen molar-refractivity contribution < 1.29 is 9.18 Å². The maximum absolute atomic E-state index is 12.8. The smallest absolute Gasteiger partial charge is 0.244 e. The summed E-state index contributed by atoms with van der Waals surface area (Å²) < 4.78 is 14.0. The molecule has 1 amide bonds. The molecule has 0 saturated heterocycles. The van der Waals surface area contributed by atoms with Crippen LogP contribution in [0.5, 0.6) is 0 Å². The van der Waals surface area contributed by atoms with E-state index in [2.05, 4.69) is 10.5 Å². The van der Waals surface area contributed by atoms with Crippen LogP contribution in [-0.2, 0) is 11.2 Å². The minimum atomic E-state index is -0.322. The molecule has 1 aromatic heterocycles. The maximum atomic E-state index is 12.8. The highest BCUT2D eigenvalue weighted by Crippen LogP contribution is 2.33. The SMILES string of the molecule is O=C(Cc1ccc(F)cc1)N/N=C/c1ccc(Sc2ccc(Cl)cc2)s1. The molecule has 26 heavy (non-hydrogen) atoms. The Bertz CT molecular complexity index is 908. The van der Waals surface area contributed by atoms with Crippen molar-refractivity contribution in [2.75, 3.05) is 0 Å². The van der Waals surface area contributed by atoms with Gasteiger partial charge in [0.05, 0.1) is 16.8 Å². The molecule has 0 radical (unpaired) electrons. The lowest BCUT2D eigenvalue weighted by atomic mass is 10.1. The average Bonchev–Trinajstić information content (AvgIpc) is 3.06. The third-order valence-corrected chi connectivity index (χ3v) is 5.70. The van der Waals surface area contributed by atoms with Gasteiger partial charge < -0.3 is 0 Å². The number of hydrogen-bond donors (Lipinski definition) is 1. The summed E-state index contributed by atoms with van der Waals surface area (Å²) in [5, 5.41) is 4.69. The van der Waals surface area contributed by atoms with Gasteiger partial charge in [-0.05, 0) is 54.1 Å². The van der Waals surface area contributed by atoms with E-state index in [1.165, 1.54) is 12.1 Å². The van der Waals surface area contributed by atoms with Gasteiger partial charge in [0.1, 0.15) is 5.82 Å². The first-order chi connectivity index (χ1) is 12.6. The molecule has 0 saturated carbocycles. The van der Waals surface area contributed by atoms with Gasteiger partial charge in [-0.3, -0.25) is 4.79 Å². The van der Waals surface area contributed by atoms with Crippen molar-refractivity contribution in [1.82, 2.24) is 5.43 Å². The van der Waals surface area contributed by atoms with Crippen LogP contribution in [0, 0.1) is 5.82 Å². The van der Waals surface area contributed by atoms with Crippen molar-refractivity contribution in [3.8, 4) is 0 Å². The fourth-order valence-corrected chi connectivity index (χ4v) is 4.19. The molecule has 132 valence electrons. The normalized spacial score (nSPS) is 11.0. The summed E-state index contributed by atoms with van der Waals surface area (Å²) in [5.41, 5.74) is 3.21. The number of nitrogens with zero attached hydrogens (tertiary/aromatic N) is 1. The summed E-state index contributed by atoms with van der Waals surface area (Å²) in [4.78, 5) is 13.9. The molecule has 0 spiro atoms. The number of carbonyl (C=O) groups is 1. The minimum Gasteiger partial charge on any atom is -0.273 e. The van der Waals surface area contributed by atoms with E-state index in [1.807, 2.05) is 36.4 Å². The highest BCUT2D eigenvalue weighted by Gasteiger charge is 2.04. The number of benzene rings is 2. The number of hydrogen-bond acceptors (Lipinski definition) is 4. The second-order valence-corrected chi connectivity index (χ2v) is 8.23. The number of hydrazone groups is 1. The largest absolute Gasteiger partial charge is 0.273 e. The predicted molar refractivity (Wildman–Crippen MR) is 106 cm³/mol. The van der Waals surface area contributed by atoms with Crippen molar-refractivity contribution in [2.45, 2.75) is 15.5 Å². The van der Waals surface area contributed by atoms with E-state index in [9.17, 15) is 9.18 Å². The quantitative estimate of drug-likeness (QED) is 0.442. The molecule has 0 fully saturated rings. The van der Waals surface area contributed by atoms with E-state index in [0.29, 0.717) is 5.02 Å². The lowest BCUT2D eigenvalue weighted by Crippen LogP contribution is -2.19. The molecule has 0 aliphatic rings. The molecule has 0 aliphatic heterocycles. The van der Waals surface area contributed by atoms with Crippen molar-refractivity contribution in [1.29, 1.82) is 0 Å². The van der Waals surface area contributed by atoms with Gasteiger partial charge in [-0.2, -0.15) is 5.10 Å². The number of halogens is 2. The van der Waals surface area contributed by atoms with Crippen LogP contribution in [-0.4, -0.2) is 12.1 Å². The molecular weight excluding hydrogens is 391 g/mol. The van der Waals surface area contributed by atoms with Crippen molar-refractivity contribution in [3.05, 3.63) is 81.9 Å². The van der Waals surface area contributed by atoms with E-state index in [4.69, 9.17) is 11.6 Å². The topological polar surface area (TPSA) is 41.5 Å². The molecule has 1 N–H and O–H groups in total. The summed E-state index contributed by atoms with van der Waals surface area (Å²) >= 11 is 9.10. The van der Waals surface area contributed by atoms with Gasteiger partial charge in [0.25, 0.3) is 0 Å². The summed E-state index contributed by atoms with van der Waals surface area (Å²) in [7, 11) is 0. The van der Waals surface area contributed by atoms with Crippen LogP contribution < -0.4 is 5.43 Å². The molecule has 0 unspecified atom stereocenters. The summed E-state index contributed by atoms with van der Waals surface area (Å²) in [6.45, 7) is 0. The van der Waals surface area contributed by atoms with Gasteiger partial charge in [0.2, 0.25) is 5.91 Å². The number of carbonyl (C=O) groups excluding carboxylic acids is 1. The Hall–Kier alpha value is -2.15. The zero-order chi connectivity index (χ0) is 18.4. The third-order valence-electron chi connectivity index (χ3n) is 3.29. The maximum Gasteiger partial charge on any atom is 0.244 e. The Morgan fingerprint density at radius 2 is 1.85 bits per heavy atom. The van der Waals surface area contributed by atoms with Gasteiger partial charge in [0.15, 0.2) is 0 Å². The lowest BCUT2D eigenvalue weighted by molar-refractivity contribution is -0.120. The Labute approximate surface area is 163 Å². The molecule has 0 atom stereocenters. The number of thiophene rings is 1. The molecule has 2 aromatic carbocycles. The highest BCUT2D eigenvalue weighted by molar-refractivity contribution is 8.01. The Balaban J connectivity index is 1.51. The number of nitrogens with one attached hydrogen (secondary N) is 1. The van der Waals surface area contributed by atoms with Crippen molar-refractivity contribution >= 4 is 46.8 Å². The summed E-state index contributed by atoms with van der Waals surface area (Å²) in [6.07, 6.45) is 1.76. The second-order valence-electron chi connectivity index (χ2n) is 5.31. The highest BCUT2D eigenvalue weighted by atomic mass is 35.5. The molecule has 3 nitrogen and oxygen atoms in total. The summed E-state index contributed by atoms with van der Waals surface area (Å²) in [5.74, 6) is -0.572. The predicted octanol–water partition coefficient (Wildman–Crippen LogP) is 5.38. The third kappa shape index (κ3) is 5.69. The fraction of sp³-hybridized carbons (Fsp3) is 0.0526. The Kier molecular flexibility index (Phi) is 6.44. The molecule has 0 bridgehead atoms. The lowest BCUT2D eigenvalue weighted by Gasteiger charge is -2.00. The standard InChI is InChI=1S/C19H14ClFN2OS2/c20-14-3-7-16(8-4-14)25-19-10-9-17(26-19)12-22-23-18(24)11-13-1-5-15(21)6-2-13/h1-10,12H,11H2,(H,23,24)/b22-12+. The van der Waals surface area contributed by atoms with Crippen LogP contribution in [0.4, 0.5) is 4.39 Å². The van der Waals surface area contributed by atoms with Gasteiger partial charge in [-0.25, -0.2) is 9.82 Å². The van der Waals surface area contributed by atoms with E-state index >= 15 is 0 Å². The first kappa shape index (κ1) is 18.6. The second kappa shape index (κ2) is 8.98. The van der Waals surface area contributed by atoms with Crippen LogP contribution in [0.25, 0.3) is 0 Å². The van der Waals surface area contributed by atoms with Gasteiger partial charge in [0, 0.05) is 14.8 Å². The average molecular weight is 405 g/mol. The van der Waals surface area contributed by atoms with E-state index in [1.54, 1.807) is 41.4 Å². The molecule has 0 aliphatic carbocycles.